The van der Waals surface area contributed by atoms with Crippen molar-refractivity contribution in [3.05, 3.63) is 41.2 Å². The molecular formula is C14H18N4O. The molecule has 1 aliphatic rings. The minimum Gasteiger partial charge on any atom is -0.373 e. The molecule has 19 heavy (non-hydrogen) atoms. The summed E-state index contributed by atoms with van der Waals surface area (Å²) in [4.78, 5) is 4.31. The predicted molar refractivity (Wildman–Crippen MR) is 72.7 cm³/mol. The van der Waals surface area contributed by atoms with Crippen LogP contribution in [0.1, 0.15) is 41.9 Å². The third kappa shape index (κ3) is 2.10. The SMILES string of the molecule is COC1CCC(c2cccc(C)c2)n2nc(N)nc21. The van der Waals surface area contributed by atoms with E-state index in [0.29, 0.717) is 5.95 Å². The average molecular weight is 258 g/mol. The zero-order chi connectivity index (χ0) is 13.4. The number of ether oxygens (including phenoxy) is 1. The molecular weight excluding hydrogens is 240 g/mol. The molecule has 2 unspecified atom stereocenters. The number of aromatic nitrogens is 3. The van der Waals surface area contributed by atoms with E-state index in [1.807, 2.05) is 4.68 Å². The molecule has 0 amide bonds. The molecule has 1 aromatic carbocycles. The minimum atomic E-state index is -0.00846. The summed E-state index contributed by atoms with van der Waals surface area (Å²) in [6.07, 6.45) is 1.91. The van der Waals surface area contributed by atoms with Crippen molar-refractivity contribution in [1.29, 1.82) is 0 Å². The summed E-state index contributed by atoms with van der Waals surface area (Å²) in [7, 11) is 1.70. The Morgan fingerprint density at radius 2 is 2.21 bits per heavy atom. The maximum absolute atomic E-state index is 5.75. The van der Waals surface area contributed by atoms with Crippen molar-refractivity contribution in [1.82, 2.24) is 14.8 Å². The largest absolute Gasteiger partial charge is 0.373 e. The zero-order valence-electron chi connectivity index (χ0n) is 11.2. The maximum atomic E-state index is 5.75. The Kier molecular flexibility index (Phi) is 2.98. The third-order valence-electron chi connectivity index (χ3n) is 3.67. The first kappa shape index (κ1) is 12.2. The van der Waals surface area contributed by atoms with Crippen LogP contribution in [-0.2, 0) is 4.74 Å². The van der Waals surface area contributed by atoms with Gasteiger partial charge in [-0.2, -0.15) is 4.98 Å². The van der Waals surface area contributed by atoms with Crippen molar-refractivity contribution in [2.75, 3.05) is 12.8 Å². The van der Waals surface area contributed by atoms with Crippen LogP contribution in [0.2, 0.25) is 0 Å². The third-order valence-corrected chi connectivity index (χ3v) is 3.67. The van der Waals surface area contributed by atoms with Gasteiger partial charge in [0.15, 0.2) is 5.82 Å². The number of nitrogens with two attached hydrogens (primary N) is 1. The van der Waals surface area contributed by atoms with Gasteiger partial charge in [-0.05, 0) is 25.3 Å². The fraction of sp³-hybridized carbons (Fsp3) is 0.429. The summed E-state index contributed by atoms with van der Waals surface area (Å²) in [5.74, 6) is 1.15. The summed E-state index contributed by atoms with van der Waals surface area (Å²) in [5.41, 5.74) is 8.25. The van der Waals surface area contributed by atoms with Crippen molar-refractivity contribution >= 4 is 5.95 Å². The van der Waals surface area contributed by atoms with Gasteiger partial charge in [0.25, 0.3) is 0 Å². The Morgan fingerprint density at radius 3 is 2.95 bits per heavy atom. The number of hydrogen-bond acceptors (Lipinski definition) is 4. The van der Waals surface area contributed by atoms with E-state index in [0.717, 1.165) is 18.7 Å². The smallest absolute Gasteiger partial charge is 0.239 e. The first-order chi connectivity index (χ1) is 9.19. The normalized spacial score (nSPS) is 22.2. The first-order valence-electron chi connectivity index (χ1n) is 6.50. The molecule has 0 fully saturated rings. The fourth-order valence-corrected chi connectivity index (χ4v) is 2.77. The molecule has 1 aromatic heterocycles. The number of aryl methyl sites for hydroxylation is 1. The summed E-state index contributed by atoms with van der Waals surface area (Å²) in [6, 6.07) is 8.70. The lowest BCUT2D eigenvalue weighted by atomic mass is 9.95. The molecule has 0 saturated carbocycles. The van der Waals surface area contributed by atoms with Gasteiger partial charge in [-0.15, -0.1) is 5.10 Å². The first-order valence-corrected chi connectivity index (χ1v) is 6.50. The standard InChI is InChI=1S/C14H18N4O/c1-9-4-3-5-10(8-9)11-6-7-12(19-2)13-16-14(15)17-18(11)13/h3-5,8,11-12H,6-7H2,1-2H3,(H2,15,17). The molecule has 0 radical (unpaired) electrons. The van der Waals surface area contributed by atoms with E-state index in [1.165, 1.54) is 11.1 Å². The van der Waals surface area contributed by atoms with Gasteiger partial charge in [-0.25, -0.2) is 4.68 Å². The van der Waals surface area contributed by atoms with E-state index in [9.17, 15) is 0 Å². The van der Waals surface area contributed by atoms with E-state index >= 15 is 0 Å². The van der Waals surface area contributed by atoms with Crippen LogP contribution >= 0.6 is 0 Å². The number of rotatable bonds is 2. The van der Waals surface area contributed by atoms with Gasteiger partial charge in [-0.3, -0.25) is 0 Å². The van der Waals surface area contributed by atoms with Crippen molar-refractivity contribution in [3.63, 3.8) is 0 Å². The Bertz CT molecular complexity index is 593. The highest BCUT2D eigenvalue weighted by Crippen LogP contribution is 2.36. The topological polar surface area (TPSA) is 66.0 Å². The highest BCUT2D eigenvalue weighted by atomic mass is 16.5. The van der Waals surface area contributed by atoms with Crippen LogP contribution in [-0.4, -0.2) is 21.9 Å². The van der Waals surface area contributed by atoms with Crippen LogP contribution in [0, 0.1) is 6.92 Å². The molecule has 5 heteroatoms. The van der Waals surface area contributed by atoms with Crippen LogP contribution in [0.15, 0.2) is 24.3 Å². The summed E-state index contributed by atoms with van der Waals surface area (Å²) in [6.45, 7) is 2.10. The number of benzene rings is 1. The molecule has 0 saturated heterocycles. The van der Waals surface area contributed by atoms with Crippen molar-refractivity contribution in [3.8, 4) is 0 Å². The Hall–Kier alpha value is -1.88. The van der Waals surface area contributed by atoms with Gasteiger partial charge in [0, 0.05) is 7.11 Å². The molecule has 2 aromatic rings. The molecule has 2 heterocycles. The second-order valence-corrected chi connectivity index (χ2v) is 5.00. The predicted octanol–water partition coefficient (Wildman–Crippen LogP) is 2.24. The molecule has 0 spiro atoms. The van der Waals surface area contributed by atoms with Gasteiger partial charge in [0.1, 0.15) is 6.10 Å². The van der Waals surface area contributed by atoms with Crippen molar-refractivity contribution < 1.29 is 4.74 Å². The van der Waals surface area contributed by atoms with Crippen LogP contribution in [0.3, 0.4) is 0 Å². The van der Waals surface area contributed by atoms with Crippen LogP contribution < -0.4 is 5.73 Å². The average Bonchev–Trinajstić information content (AvgIpc) is 2.78. The number of methoxy groups -OCH3 is 1. The molecule has 1 aliphatic heterocycles. The van der Waals surface area contributed by atoms with Gasteiger partial charge in [-0.1, -0.05) is 29.8 Å². The Morgan fingerprint density at radius 1 is 1.37 bits per heavy atom. The number of hydrogen-bond donors (Lipinski definition) is 1. The van der Waals surface area contributed by atoms with Gasteiger partial charge >= 0.3 is 0 Å². The molecule has 2 N–H and O–H groups in total. The minimum absolute atomic E-state index is 0.00846. The number of anilines is 1. The van der Waals surface area contributed by atoms with E-state index in [-0.39, 0.29) is 12.1 Å². The van der Waals surface area contributed by atoms with E-state index in [1.54, 1.807) is 7.11 Å². The monoisotopic (exact) mass is 258 g/mol. The second kappa shape index (κ2) is 4.66. The van der Waals surface area contributed by atoms with Gasteiger partial charge < -0.3 is 10.5 Å². The van der Waals surface area contributed by atoms with Crippen LogP contribution in [0.4, 0.5) is 5.95 Å². The summed E-state index contributed by atoms with van der Waals surface area (Å²) in [5, 5.41) is 4.34. The number of fused-ring (bicyclic) bond motifs is 1. The van der Waals surface area contributed by atoms with E-state index in [4.69, 9.17) is 10.5 Å². The van der Waals surface area contributed by atoms with Crippen molar-refractivity contribution in [2.45, 2.75) is 31.9 Å². The molecule has 3 rings (SSSR count). The quantitative estimate of drug-likeness (QED) is 0.897. The molecule has 2 atom stereocenters. The summed E-state index contributed by atoms with van der Waals surface area (Å²) < 4.78 is 7.38. The van der Waals surface area contributed by atoms with Crippen LogP contribution in [0.25, 0.3) is 0 Å². The lowest BCUT2D eigenvalue weighted by molar-refractivity contribution is 0.0649. The second-order valence-electron chi connectivity index (χ2n) is 5.00. The zero-order valence-corrected chi connectivity index (χ0v) is 11.2. The highest BCUT2D eigenvalue weighted by molar-refractivity contribution is 5.28. The molecule has 100 valence electrons. The summed E-state index contributed by atoms with van der Waals surface area (Å²) >= 11 is 0. The lowest BCUT2D eigenvalue weighted by Gasteiger charge is -2.28. The molecule has 0 bridgehead atoms. The number of nitrogens with zero attached hydrogens (tertiary/aromatic N) is 3. The highest BCUT2D eigenvalue weighted by Gasteiger charge is 2.31. The lowest BCUT2D eigenvalue weighted by Crippen LogP contribution is -2.24. The van der Waals surface area contributed by atoms with Gasteiger partial charge in [0.2, 0.25) is 5.95 Å². The van der Waals surface area contributed by atoms with Crippen LogP contribution in [0.5, 0.6) is 0 Å². The van der Waals surface area contributed by atoms with E-state index in [2.05, 4.69) is 41.3 Å². The maximum Gasteiger partial charge on any atom is 0.239 e. The van der Waals surface area contributed by atoms with Gasteiger partial charge in [0.05, 0.1) is 6.04 Å². The Balaban J connectivity index is 2.05. The Labute approximate surface area is 112 Å². The fourth-order valence-electron chi connectivity index (χ4n) is 2.77. The number of nitrogen functional groups attached to an aromatic ring is 1. The molecule has 0 aliphatic carbocycles. The van der Waals surface area contributed by atoms with Crippen molar-refractivity contribution in [2.24, 2.45) is 0 Å². The molecule has 5 nitrogen and oxygen atoms in total. The van der Waals surface area contributed by atoms with E-state index < -0.39 is 0 Å².